The van der Waals surface area contributed by atoms with Crippen LogP contribution in [0, 0.1) is 0 Å². The topological polar surface area (TPSA) is 73.8 Å². The maximum Gasteiger partial charge on any atom is 0.410 e. The molecule has 1 fully saturated rings. The van der Waals surface area contributed by atoms with Crippen LogP contribution in [0.15, 0.2) is 0 Å². The molecule has 7 heteroatoms. The predicted molar refractivity (Wildman–Crippen MR) is 81.9 cm³/mol. The number of nitrogens with two attached hydrogens (primary N) is 1. The van der Waals surface area contributed by atoms with Crippen molar-refractivity contribution in [1.29, 1.82) is 0 Å². The van der Waals surface area contributed by atoms with Crippen molar-refractivity contribution in [2.24, 2.45) is 0 Å². The Kier molecular flexibility index (Phi) is 9.38. The molecule has 7 nitrogen and oxygen atoms in total. The van der Waals surface area contributed by atoms with E-state index in [2.05, 4.69) is 5.32 Å². The Balaban J connectivity index is 2.43. The summed E-state index contributed by atoms with van der Waals surface area (Å²) in [5.41, 5.74) is -0.501. The van der Waals surface area contributed by atoms with Crippen LogP contribution in [0.3, 0.4) is 0 Å². The molecule has 1 rings (SSSR count). The summed E-state index contributed by atoms with van der Waals surface area (Å²) in [6.45, 7) is 11.9. The van der Waals surface area contributed by atoms with Crippen LogP contribution >= 0.6 is 0 Å². The van der Waals surface area contributed by atoms with Gasteiger partial charge in [0.25, 0.3) is 0 Å². The predicted octanol–water partition coefficient (Wildman–Crippen LogP) is -0.150. The summed E-state index contributed by atoms with van der Waals surface area (Å²) >= 11 is 0. The molecule has 1 saturated heterocycles. The van der Waals surface area contributed by atoms with Gasteiger partial charge < -0.3 is 29.2 Å². The summed E-state index contributed by atoms with van der Waals surface area (Å²) in [4.78, 5) is 13.8. The third kappa shape index (κ3) is 9.94. The highest BCUT2D eigenvalue weighted by molar-refractivity contribution is 5.68. The second-order valence-corrected chi connectivity index (χ2v) is 6.17. The van der Waals surface area contributed by atoms with E-state index in [1.807, 2.05) is 20.8 Å². The Morgan fingerprint density at radius 1 is 0.909 bits per heavy atom. The van der Waals surface area contributed by atoms with Gasteiger partial charge in [0.15, 0.2) is 0 Å². The maximum atomic E-state index is 12.2. The lowest BCUT2D eigenvalue weighted by Crippen LogP contribution is -2.86. The zero-order valence-corrected chi connectivity index (χ0v) is 14.1. The van der Waals surface area contributed by atoms with Gasteiger partial charge in [0.2, 0.25) is 0 Å². The number of carbonyl (C=O) groups is 1. The highest BCUT2D eigenvalue weighted by Gasteiger charge is 2.21. The molecule has 0 radical (unpaired) electrons. The van der Waals surface area contributed by atoms with Gasteiger partial charge in [-0.05, 0) is 20.8 Å². The molecule has 0 spiro atoms. The lowest BCUT2D eigenvalue weighted by atomic mass is 10.2. The molecule has 0 aromatic rings. The third-order valence-electron chi connectivity index (χ3n) is 2.97. The van der Waals surface area contributed by atoms with Gasteiger partial charge in [-0.15, -0.1) is 0 Å². The molecule has 0 unspecified atom stereocenters. The number of ether oxygens (including phenoxy) is 4. The van der Waals surface area contributed by atoms with Crippen molar-refractivity contribution in [3.05, 3.63) is 0 Å². The molecule has 1 heterocycles. The van der Waals surface area contributed by atoms with Crippen LogP contribution in [-0.2, 0) is 18.9 Å². The second-order valence-electron chi connectivity index (χ2n) is 6.17. The first kappa shape index (κ1) is 19.2. The highest BCUT2D eigenvalue weighted by atomic mass is 16.6. The first-order chi connectivity index (χ1) is 10.5. The van der Waals surface area contributed by atoms with E-state index in [0.29, 0.717) is 52.7 Å². The largest absolute Gasteiger partial charge is 0.444 e. The van der Waals surface area contributed by atoms with E-state index in [9.17, 15) is 4.79 Å². The molecule has 0 aromatic carbocycles. The fourth-order valence-corrected chi connectivity index (χ4v) is 1.87. The number of rotatable bonds is 0. The number of quaternary nitrogens is 1. The van der Waals surface area contributed by atoms with Gasteiger partial charge in [0.1, 0.15) is 5.60 Å². The Bertz CT molecular complexity index is 291. The number of hydrogen-bond acceptors (Lipinski definition) is 5. The summed E-state index contributed by atoms with van der Waals surface area (Å²) in [6.07, 6.45) is -0.327. The van der Waals surface area contributed by atoms with E-state index in [-0.39, 0.29) is 6.09 Å². The van der Waals surface area contributed by atoms with Crippen molar-refractivity contribution >= 4 is 6.09 Å². The zero-order chi connectivity index (χ0) is 16.3. The zero-order valence-electron chi connectivity index (χ0n) is 14.1. The monoisotopic (exact) mass is 319 g/mol. The average molecular weight is 319 g/mol. The third-order valence-corrected chi connectivity index (χ3v) is 2.97. The lowest BCUT2D eigenvalue weighted by Gasteiger charge is -2.27. The fraction of sp³-hybridized carbons (Fsp3) is 0.933. The molecule has 22 heavy (non-hydrogen) atoms. The van der Waals surface area contributed by atoms with Gasteiger partial charge in [-0.3, -0.25) is 0 Å². The molecule has 1 amide bonds. The quantitative estimate of drug-likeness (QED) is 0.672. The first-order valence-electron chi connectivity index (χ1n) is 8.02. The van der Waals surface area contributed by atoms with Gasteiger partial charge in [-0.1, -0.05) is 0 Å². The minimum atomic E-state index is -0.501. The molecular weight excluding hydrogens is 288 g/mol. The van der Waals surface area contributed by atoms with Crippen LogP contribution < -0.4 is 5.32 Å². The fourth-order valence-electron chi connectivity index (χ4n) is 1.87. The van der Waals surface area contributed by atoms with Crippen molar-refractivity contribution < 1.29 is 29.1 Å². The molecule has 1 aliphatic rings. The molecule has 1 aliphatic heterocycles. The number of hydrogen-bond donors (Lipinski definition) is 1. The number of carbonyl (C=O) groups excluding carboxylic acids is 1. The number of nitrogens with zero attached hydrogens (tertiary/aromatic N) is 1. The van der Waals surface area contributed by atoms with E-state index in [1.54, 1.807) is 4.90 Å². The van der Waals surface area contributed by atoms with Crippen LogP contribution in [0.2, 0.25) is 0 Å². The van der Waals surface area contributed by atoms with E-state index >= 15 is 0 Å². The Morgan fingerprint density at radius 2 is 1.41 bits per heavy atom. The molecule has 0 bridgehead atoms. The minimum absolute atomic E-state index is 0.327. The van der Waals surface area contributed by atoms with E-state index < -0.39 is 5.60 Å². The molecule has 2 N–H and O–H groups in total. The van der Waals surface area contributed by atoms with Crippen molar-refractivity contribution in [3.8, 4) is 0 Å². The van der Waals surface area contributed by atoms with Gasteiger partial charge in [0, 0.05) is 13.1 Å². The Morgan fingerprint density at radius 3 is 1.95 bits per heavy atom. The molecular formula is C15H31N2O5+. The van der Waals surface area contributed by atoms with Crippen molar-refractivity contribution in [3.63, 3.8) is 0 Å². The Labute approximate surface area is 133 Å². The Hall–Kier alpha value is -0.890. The molecule has 0 atom stereocenters. The van der Waals surface area contributed by atoms with E-state index in [4.69, 9.17) is 18.9 Å². The molecule has 130 valence electrons. The van der Waals surface area contributed by atoms with Gasteiger partial charge >= 0.3 is 6.09 Å². The average Bonchev–Trinajstić information content (AvgIpc) is 2.43. The second kappa shape index (κ2) is 10.8. The van der Waals surface area contributed by atoms with Crippen LogP contribution in [0.4, 0.5) is 4.79 Å². The summed E-state index contributed by atoms with van der Waals surface area (Å²) < 4.78 is 21.9. The smallest absolute Gasteiger partial charge is 0.410 e. The summed E-state index contributed by atoms with van der Waals surface area (Å²) in [7, 11) is 0. The number of amides is 1. The van der Waals surface area contributed by atoms with Crippen LogP contribution in [0.1, 0.15) is 20.8 Å². The normalized spacial score (nSPS) is 20.8. The maximum absolute atomic E-state index is 12.2. The minimum Gasteiger partial charge on any atom is -0.444 e. The van der Waals surface area contributed by atoms with Gasteiger partial charge in [-0.25, -0.2) is 4.79 Å². The van der Waals surface area contributed by atoms with Crippen molar-refractivity contribution in [2.45, 2.75) is 26.4 Å². The van der Waals surface area contributed by atoms with Crippen molar-refractivity contribution in [2.75, 3.05) is 65.8 Å². The van der Waals surface area contributed by atoms with E-state index in [1.165, 1.54) is 0 Å². The van der Waals surface area contributed by atoms with Crippen LogP contribution in [0.5, 0.6) is 0 Å². The standard InChI is InChI=1S/C15H30N2O5/c1-15(2,3)22-14(18)17-6-10-19-8-4-16-5-9-20-12-13-21-11-7-17/h16H,4-13H2,1-3H3/p+1. The highest BCUT2D eigenvalue weighted by Crippen LogP contribution is 2.09. The van der Waals surface area contributed by atoms with Crippen LogP contribution in [0.25, 0.3) is 0 Å². The molecule has 0 saturated carbocycles. The van der Waals surface area contributed by atoms with Gasteiger partial charge in [0.05, 0.1) is 52.7 Å². The summed E-state index contributed by atoms with van der Waals surface area (Å²) in [5.74, 6) is 0. The van der Waals surface area contributed by atoms with Crippen LogP contribution in [-0.4, -0.2) is 82.4 Å². The van der Waals surface area contributed by atoms with Gasteiger partial charge in [-0.2, -0.15) is 0 Å². The summed E-state index contributed by atoms with van der Waals surface area (Å²) in [6, 6.07) is 0. The summed E-state index contributed by atoms with van der Waals surface area (Å²) in [5, 5.41) is 2.16. The van der Waals surface area contributed by atoms with Crippen molar-refractivity contribution in [1.82, 2.24) is 4.90 Å². The molecule has 0 aliphatic carbocycles. The lowest BCUT2D eigenvalue weighted by molar-refractivity contribution is -0.657. The first-order valence-corrected chi connectivity index (χ1v) is 8.02. The molecule has 0 aromatic heterocycles. The van der Waals surface area contributed by atoms with E-state index in [0.717, 1.165) is 13.1 Å². The SMILES string of the molecule is CC(C)(C)OC(=O)N1CCOCC[NH2+]CCOCCOCC1.